The summed E-state index contributed by atoms with van der Waals surface area (Å²) in [5.41, 5.74) is -5.73. The molecule has 9 nitrogen and oxygen atoms in total. The number of carbonyl (C=O) groups is 1. The van der Waals surface area contributed by atoms with Crippen LogP contribution in [0.1, 0.15) is 59.3 Å². The van der Waals surface area contributed by atoms with E-state index < -0.39 is 38.5 Å². The first kappa shape index (κ1) is 32.4. The summed E-state index contributed by atoms with van der Waals surface area (Å²) < 4.78 is 94.0. The highest BCUT2D eigenvalue weighted by atomic mass is 32.2. The molecule has 0 aliphatic heterocycles. The minimum absolute atomic E-state index is 0.0382. The maximum atomic E-state index is 12.8. The molecular weight excluding hydrogens is 588 g/mol. The van der Waals surface area contributed by atoms with Crippen LogP contribution in [0.4, 0.5) is 13.2 Å². The fourth-order valence-corrected chi connectivity index (χ4v) is 17.5. The molecule has 0 aromatic carbocycles. The highest BCUT2D eigenvalue weighted by Crippen LogP contribution is 2.62. The highest BCUT2D eigenvalue weighted by Gasteiger charge is 2.65. The average molecular weight is 632 g/mol. The second-order valence-electron chi connectivity index (χ2n) is 13.2. The number of alkyl halides is 3. The van der Waals surface area contributed by atoms with Gasteiger partial charge in [-0.3, -0.25) is 4.79 Å². The number of hydrogen-bond donors (Lipinski definition) is 1. The molecule has 4 saturated carbocycles. The number of sulfonamides is 1. The number of nitrogens with one attached hydrogen (secondary N) is 1. The lowest BCUT2D eigenvalue weighted by Gasteiger charge is -2.45. The van der Waals surface area contributed by atoms with E-state index in [1.54, 1.807) is 26.1 Å². The van der Waals surface area contributed by atoms with E-state index in [9.17, 15) is 26.4 Å². The molecule has 0 aromatic rings. The molecule has 0 aromatic heterocycles. The molecule has 9 unspecified atom stereocenters. The van der Waals surface area contributed by atoms with E-state index in [0.29, 0.717) is 19.3 Å². The van der Waals surface area contributed by atoms with Crippen molar-refractivity contribution in [1.82, 2.24) is 4.72 Å². The van der Waals surface area contributed by atoms with Crippen LogP contribution in [0.3, 0.4) is 0 Å². The van der Waals surface area contributed by atoms with E-state index in [-0.39, 0.29) is 59.1 Å². The molecule has 4 bridgehead atoms. The van der Waals surface area contributed by atoms with Gasteiger partial charge in [-0.1, -0.05) is 0 Å². The van der Waals surface area contributed by atoms with Gasteiger partial charge in [-0.15, -0.1) is 0 Å². The van der Waals surface area contributed by atoms with Crippen molar-refractivity contribution in [3.63, 3.8) is 0 Å². The third kappa shape index (κ3) is 6.08. The molecule has 1 N–H and O–H groups in total. The molecule has 0 amide bonds. The molecular formula is C25H44F3NO8SSi2. The summed E-state index contributed by atoms with van der Waals surface area (Å²) in [6, 6.07) is 0. The van der Waals surface area contributed by atoms with E-state index in [2.05, 4.69) is 0 Å². The molecule has 232 valence electrons. The number of fused-ring (bicyclic) bond motifs is 4. The molecule has 4 aliphatic carbocycles. The van der Waals surface area contributed by atoms with E-state index >= 15 is 0 Å². The predicted molar refractivity (Wildman–Crippen MR) is 144 cm³/mol. The Balaban J connectivity index is 1.42. The molecule has 9 atom stereocenters. The lowest BCUT2D eigenvalue weighted by Crippen LogP contribution is -2.60. The van der Waals surface area contributed by atoms with Crippen molar-refractivity contribution in [2.75, 3.05) is 27.9 Å². The van der Waals surface area contributed by atoms with E-state index in [0.717, 1.165) is 19.3 Å². The first-order valence-corrected chi connectivity index (χ1v) is 19.7. The number of hydrogen-bond acceptors (Lipinski definition) is 8. The van der Waals surface area contributed by atoms with Gasteiger partial charge in [0.1, 0.15) is 5.60 Å². The van der Waals surface area contributed by atoms with Crippen molar-refractivity contribution in [3.8, 4) is 0 Å². The van der Waals surface area contributed by atoms with Crippen LogP contribution < -0.4 is 4.72 Å². The Kier molecular flexibility index (Phi) is 9.04. The number of rotatable bonds is 11. The summed E-state index contributed by atoms with van der Waals surface area (Å²) in [7, 11) is -6.64. The average Bonchev–Trinajstić information content (AvgIpc) is 3.65. The first-order chi connectivity index (χ1) is 18.4. The third-order valence-electron chi connectivity index (χ3n) is 9.86. The van der Waals surface area contributed by atoms with Crippen molar-refractivity contribution >= 4 is 33.4 Å². The van der Waals surface area contributed by atoms with E-state index in [1.165, 1.54) is 0 Å². The third-order valence-corrected chi connectivity index (χ3v) is 19.4. The normalized spacial score (nSPS) is 35.8. The van der Waals surface area contributed by atoms with Crippen LogP contribution in [-0.2, 0) is 36.9 Å². The smallest absolute Gasteiger partial charge is 0.460 e. The summed E-state index contributed by atoms with van der Waals surface area (Å²) >= 11 is 0. The van der Waals surface area contributed by atoms with Crippen molar-refractivity contribution in [1.29, 1.82) is 0 Å². The Hall–Kier alpha value is -0.556. The monoisotopic (exact) mass is 631 g/mol. The largest absolute Gasteiger partial charge is 0.511 e. The second-order valence-corrected chi connectivity index (χ2v) is 21.7. The molecule has 0 radical (unpaired) electrons. The van der Waals surface area contributed by atoms with Gasteiger partial charge in [-0.25, -0.2) is 13.1 Å². The zero-order valence-electron chi connectivity index (χ0n) is 24.4. The van der Waals surface area contributed by atoms with Crippen LogP contribution in [0.2, 0.25) is 17.6 Å². The number of ether oxygens (including phenoxy) is 1. The van der Waals surface area contributed by atoms with Crippen LogP contribution in [0.25, 0.3) is 0 Å². The molecule has 4 aliphatic rings. The standard InChI is InChI=1S/C25H44F3NO8SSi2/c1-24(2,3)36-23(30)20-11-18-9-16(20)13-22(18)40(34-5,35-6)37-39(7,33-4)21-12-15-8-17(21)10-19(15)14-29-38(31,32)25(26,27)28/h15-22,29H,8-14H2,1-7H3. The Labute approximate surface area is 237 Å². The molecule has 4 rings (SSSR count). The van der Waals surface area contributed by atoms with Gasteiger partial charge in [-0.2, -0.15) is 13.2 Å². The fourth-order valence-electron chi connectivity index (χ4n) is 8.06. The summed E-state index contributed by atoms with van der Waals surface area (Å²) in [6.07, 6.45) is 4.49. The Bertz CT molecular complexity index is 1050. The maximum Gasteiger partial charge on any atom is 0.511 e. The van der Waals surface area contributed by atoms with Crippen molar-refractivity contribution in [2.24, 2.45) is 35.5 Å². The molecule has 0 saturated heterocycles. The van der Waals surface area contributed by atoms with Crippen LogP contribution >= 0.6 is 0 Å². The Morgan fingerprint density at radius 1 is 0.850 bits per heavy atom. The van der Waals surface area contributed by atoms with Gasteiger partial charge in [0.15, 0.2) is 0 Å². The Morgan fingerprint density at radius 2 is 1.43 bits per heavy atom. The molecule has 0 spiro atoms. The van der Waals surface area contributed by atoms with Gasteiger partial charge in [-0.05, 0) is 95.4 Å². The van der Waals surface area contributed by atoms with Gasteiger partial charge < -0.3 is 22.1 Å². The topological polar surface area (TPSA) is 109 Å². The van der Waals surface area contributed by atoms with E-state index in [4.69, 9.17) is 22.1 Å². The molecule has 15 heteroatoms. The van der Waals surface area contributed by atoms with Crippen LogP contribution in [-0.4, -0.2) is 70.7 Å². The number of carbonyl (C=O) groups excluding carboxylic acids is 1. The molecule has 0 heterocycles. The lowest BCUT2D eigenvalue weighted by molar-refractivity contribution is -0.162. The molecule has 4 fully saturated rings. The Morgan fingerprint density at radius 3 is 1.88 bits per heavy atom. The molecule has 40 heavy (non-hydrogen) atoms. The summed E-state index contributed by atoms with van der Waals surface area (Å²) in [6.45, 7) is 7.41. The van der Waals surface area contributed by atoms with Crippen molar-refractivity contribution in [3.05, 3.63) is 0 Å². The van der Waals surface area contributed by atoms with Crippen molar-refractivity contribution < 1.29 is 48.5 Å². The zero-order valence-corrected chi connectivity index (χ0v) is 27.2. The van der Waals surface area contributed by atoms with Gasteiger partial charge in [0.05, 0.1) is 5.92 Å². The summed E-state index contributed by atoms with van der Waals surface area (Å²) in [5.74, 6) is 0.223. The lowest BCUT2D eigenvalue weighted by atomic mass is 9.88. The van der Waals surface area contributed by atoms with Crippen LogP contribution in [0.5, 0.6) is 0 Å². The first-order valence-electron chi connectivity index (χ1n) is 14.0. The fraction of sp³-hybridized carbons (Fsp3) is 0.960. The van der Waals surface area contributed by atoms with Crippen LogP contribution in [0.15, 0.2) is 0 Å². The van der Waals surface area contributed by atoms with Gasteiger partial charge in [0.25, 0.3) is 0 Å². The highest BCUT2D eigenvalue weighted by molar-refractivity contribution is 7.90. The number of esters is 1. The van der Waals surface area contributed by atoms with Crippen molar-refractivity contribution in [2.45, 2.75) is 88.0 Å². The summed E-state index contributed by atoms with van der Waals surface area (Å²) in [5, 5.41) is 0. The van der Waals surface area contributed by atoms with Gasteiger partial charge in [0, 0.05) is 39.0 Å². The van der Waals surface area contributed by atoms with Crippen LogP contribution in [0, 0.1) is 35.5 Å². The summed E-state index contributed by atoms with van der Waals surface area (Å²) in [4.78, 5) is 12.8. The minimum atomic E-state index is -5.36. The maximum absolute atomic E-state index is 12.8. The minimum Gasteiger partial charge on any atom is -0.460 e. The zero-order chi connectivity index (χ0) is 29.9. The predicted octanol–water partition coefficient (Wildman–Crippen LogP) is 4.57. The quantitative estimate of drug-likeness (QED) is 0.261. The van der Waals surface area contributed by atoms with Gasteiger partial charge in [0.2, 0.25) is 0 Å². The van der Waals surface area contributed by atoms with Gasteiger partial charge >= 0.3 is 38.9 Å². The number of halogens is 3. The second kappa shape index (κ2) is 11.2. The SMILES string of the molecule is CO[Si](C)(O[Si](OC)(OC)C1CC2CC1CC2C(=O)OC(C)(C)C)C1CC2CC1CC2CNS(=O)(=O)C(F)(F)F. The van der Waals surface area contributed by atoms with E-state index in [1.807, 2.05) is 27.3 Å².